The number of benzene rings is 1. The van der Waals surface area contributed by atoms with Gasteiger partial charge in [0, 0.05) is 11.5 Å². The van der Waals surface area contributed by atoms with Crippen LogP contribution in [0.25, 0.3) is 0 Å². The maximum absolute atomic E-state index is 8.86. The van der Waals surface area contributed by atoms with Crippen LogP contribution in [0.3, 0.4) is 0 Å². The van der Waals surface area contributed by atoms with Crippen molar-refractivity contribution in [2.75, 3.05) is 13.2 Å². The van der Waals surface area contributed by atoms with Crippen molar-refractivity contribution in [3.05, 3.63) is 35.4 Å². The predicted molar refractivity (Wildman–Crippen MR) is 66.7 cm³/mol. The second kappa shape index (κ2) is 4.72. The molecule has 0 unspecified atom stereocenters. The highest BCUT2D eigenvalue weighted by Gasteiger charge is 2.46. The van der Waals surface area contributed by atoms with Gasteiger partial charge in [0.15, 0.2) is 5.79 Å². The van der Waals surface area contributed by atoms with Gasteiger partial charge in [0.1, 0.15) is 0 Å². The number of ether oxygens (including phenoxy) is 2. The van der Waals surface area contributed by atoms with Gasteiger partial charge >= 0.3 is 0 Å². The van der Waals surface area contributed by atoms with Gasteiger partial charge in [-0.15, -0.1) is 0 Å². The molecule has 1 heterocycles. The summed E-state index contributed by atoms with van der Waals surface area (Å²) in [5.41, 5.74) is 1.74. The summed E-state index contributed by atoms with van der Waals surface area (Å²) in [6.07, 6.45) is 4.85. The molecule has 0 N–H and O–H groups in total. The van der Waals surface area contributed by atoms with Crippen LogP contribution in [0.2, 0.25) is 0 Å². The quantitative estimate of drug-likeness (QED) is 0.802. The van der Waals surface area contributed by atoms with Gasteiger partial charge in [-0.05, 0) is 25.0 Å². The third kappa shape index (κ3) is 1.82. The Morgan fingerprint density at radius 3 is 2.22 bits per heavy atom. The topological polar surface area (TPSA) is 42.2 Å². The molecule has 1 saturated heterocycles. The van der Waals surface area contributed by atoms with Gasteiger partial charge in [-0.3, -0.25) is 0 Å². The fourth-order valence-corrected chi connectivity index (χ4v) is 3.15. The van der Waals surface area contributed by atoms with E-state index >= 15 is 0 Å². The van der Waals surface area contributed by atoms with E-state index in [0.717, 1.165) is 5.56 Å². The molecule has 1 aromatic carbocycles. The molecular weight excluding hydrogens is 226 g/mol. The molecule has 2 aliphatic rings. The first-order chi connectivity index (χ1) is 8.85. The summed E-state index contributed by atoms with van der Waals surface area (Å²) in [6, 6.07) is 9.78. The Morgan fingerprint density at radius 1 is 1.06 bits per heavy atom. The molecule has 2 fully saturated rings. The molecule has 0 bridgehead atoms. The normalized spacial score (nSPS) is 23.1. The second-order valence-electron chi connectivity index (χ2n) is 5.03. The van der Waals surface area contributed by atoms with Gasteiger partial charge in [-0.1, -0.05) is 25.0 Å². The zero-order chi connectivity index (χ0) is 12.4. The van der Waals surface area contributed by atoms with Crippen molar-refractivity contribution in [2.24, 2.45) is 5.92 Å². The van der Waals surface area contributed by atoms with E-state index in [0.29, 0.717) is 24.7 Å². The molecule has 3 nitrogen and oxygen atoms in total. The summed E-state index contributed by atoms with van der Waals surface area (Å²) in [5.74, 6) is -0.0993. The molecule has 0 spiro atoms. The molecule has 0 atom stereocenters. The molecule has 1 saturated carbocycles. The van der Waals surface area contributed by atoms with Crippen LogP contribution in [0.5, 0.6) is 0 Å². The van der Waals surface area contributed by atoms with E-state index in [1.807, 2.05) is 24.3 Å². The highest BCUT2D eigenvalue weighted by Crippen LogP contribution is 2.46. The van der Waals surface area contributed by atoms with Crippen LogP contribution < -0.4 is 0 Å². The fraction of sp³-hybridized carbons (Fsp3) is 0.533. The fourth-order valence-electron chi connectivity index (χ4n) is 3.15. The summed E-state index contributed by atoms with van der Waals surface area (Å²) >= 11 is 0. The van der Waals surface area contributed by atoms with E-state index in [2.05, 4.69) is 6.07 Å². The van der Waals surface area contributed by atoms with E-state index in [1.54, 1.807) is 0 Å². The molecule has 0 aromatic heterocycles. The minimum atomic E-state index is -0.551. The average Bonchev–Trinajstić information content (AvgIpc) is 3.10. The summed E-state index contributed by atoms with van der Waals surface area (Å²) in [7, 11) is 0. The smallest absolute Gasteiger partial charge is 0.197 e. The third-order valence-electron chi connectivity index (χ3n) is 4.03. The monoisotopic (exact) mass is 243 g/mol. The first-order valence-electron chi connectivity index (χ1n) is 6.64. The van der Waals surface area contributed by atoms with Crippen molar-refractivity contribution in [3.63, 3.8) is 0 Å². The van der Waals surface area contributed by atoms with Crippen molar-refractivity contribution in [3.8, 4) is 6.07 Å². The molecule has 0 radical (unpaired) electrons. The number of nitrogens with zero attached hydrogens (tertiary/aromatic N) is 1. The number of rotatable bonds is 2. The van der Waals surface area contributed by atoms with Gasteiger partial charge in [-0.25, -0.2) is 0 Å². The van der Waals surface area contributed by atoms with Crippen molar-refractivity contribution >= 4 is 0 Å². The summed E-state index contributed by atoms with van der Waals surface area (Å²) in [6.45, 7) is 1.33. The van der Waals surface area contributed by atoms with E-state index in [9.17, 15) is 0 Å². The zero-order valence-corrected chi connectivity index (χ0v) is 10.4. The van der Waals surface area contributed by atoms with Crippen LogP contribution in [0.15, 0.2) is 24.3 Å². The van der Waals surface area contributed by atoms with E-state index in [1.165, 1.54) is 25.7 Å². The Balaban J connectivity index is 1.95. The molecule has 94 valence electrons. The van der Waals surface area contributed by atoms with Crippen LogP contribution in [0, 0.1) is 17.2 Å². The van der Waals surface area contributed by atoms with Crippen molar-refractivity contribution < 1.29 is 9.47 Å². The largest absolute Gasteiger partial charge is 0.343 e. The standard InChI is InChI=1S/C15H17NO2/c16-11-12-5-7-14(8-6-12)15(17-9-10-18-15)13-3-1-2-4-13/h5-8,13H,1-4,9-10H2. The first-order valence-corrected chi connectivity index (χ1v) is 6.64. The van der Waals surface area contributed by atoms with Crippen LogP contribution in [0.1, 0.15) is 36.8 Å². The van der Waals surface area contributed by atoms with Gasteiger partial charge in [0.05, 0.1) is 24.8 Å². The number of hydrogen-bond donors (Lipinski definition) is 0. The molecule has 1 aliphatic heterocycles. The zero-order valence-electron chi connectivity index (χ0n) is 10.4. The lowest BCUT2D eigenvalue weighted by Gasteiger charge is -2.33. The second-order valence-corrected chi connectivity index (χ2v) is 5.03. The molecule has 1 aromatic rings. The number of nitriles is 1. The summed E-state index contributed by atoms with van der Waals surface area (Å²) < 4.78 is 12.0. The van der Waals surface area contributed by atoms with Crippen molar-refractivity contribution in [2.45, 2.75) is 31.5 Å². The molecule has 18 heavy (non-hydrogen) atoms. The first kappa shape index (κ1) is 11.7. The molecular formula is C15H17NO2. The van der Waals surface area contributed by atoms with Crippen molar-refractivity contribution in [1.29, 1.82) is 5.26 Å². The van der Waals surface area contributed by atoms with Crippen LogP contribution in [0.4, 0.5) is 0 Å². The highest BCUT2D eigenvalue weighted by atomic mass is 16.7. The SMILES string of the molecule is N#Cc1ccc(C2(C3CCCC3)OCCO2)cc1. The molecule has 0 amide bonds. The van der Waals surface area contributed by atoms with Gasteiger partial charge in [0.2, 0.25) is 0 Å². The Morgan fingerprint density at radius 2 is 1.67 bits per heavy atom. The Kier molecular flexibility index (Phi) is 3.07. The van der Waals surface area contributed by atoms with Crippen LogP contribution in [-0.4, -0.2) is 13.2 Å². The lowest BCUT2D eigenvalue weighted by atomic mass is 9.89. The lowest BCUT2D eigenvalue weighted by molar-refractivity contribution is -0.203. The van der Waals surface area contributed by atoms with Gasteiger partial charge in [-0.2, -0.15) is 5.26 Å². The Labute approximate surface area is 107 Å². The lowest BCUT2D eigenvalue weighted by Crippen LogP contribution is -2.35. The molecule has 3 rings (SSSR count). The predicted octanol–water partition coefficient (Wildman–Crippen LogP) is 2.95. The van der Waals surface area contributed by atoms with E-state index in [-0.39, 0.29) is 0 Å². The molecule has 3 heteroatoms. The Hall–Kier alpha value is -1.37. The molecule has 1 aliphatic carbocycles. The van der Waals surface area contributed by atoms with E-state index in [4.69, 9.17) is 14.7 Å². The highest BCUT2D eigenvalue weighted by molar-refractivity contribution is 5.34. The summed E-state index contributed by atoms with van der Waals surface area (Å²) in [5, 5.41) is 8.86. The number of hydrogen-bond acceptors (Lipinski definition) is 3. The Bertz CT molecular complexity index is 448. The maximum Gasteiger partial charge on any atom is 0.197 e. The minimum absolute atomic E-state index is 0.452. The van der Waals surface area contributed by atoms with Gasteiger partial charge in [0.25, 0.3) is 0 Å². The average molecular weight is 243 g/mol. The van der Waals surface area contributed by atoms with Crippen LogP contribution >= 0.6 is 0 Å². The maximum atomic E-state index is 8.86. The van der Waals surface area contributed by atoms with Crippen molar-refractivity contribution in [1.82, 2.24) is 0 Å². The van der Waals surface area contributed by atoms with E-state index < -0.39 is 5.79 Å². The summed E-state index contributed by atoms with van der Waals surface area (Å²) in [4.78, 5) is 0. The van der Waals surface area contributed by atoms with Crippen LogP contribution in [-0.2, 0) is 15.3 Å². The minimum Gasteiger partial charge on any atom is -0.343 e. The third-order valence-corrected chi connectivity index (χ3v) is 4.03. The van der Waals surface area contributed by atoms with Gasteiger partial charge < -0.3 is 9.47 Å².